The van der Waals surface area contributed by atoms with Crippen LogP contribution in [0.3, 0.4) is 0 Å². The molecule has 2 nitrogen and oxygen atoms in total. The molecule has 0 saturated heterocycles. The molecule has 3 aromatic rings. The lowest BCUT2D eigenvalue weighted by Crippen LogP contribution is -2.23. The monoisotopic (exact) mass is 275 g/mol. The first-order chi connectivity index (χ1) is 10.4. The van der Waals surface area contributed by atoms with Crippen LogP contribution in [0.1, 0.15) is 17.4 Å². The summed E-state index contributed by atoms with van der Waals surface area (Å²) in [6, 6.07) is 23.2. The second-order valence-electron chi connectivity index (χ2n) is 5.37. The number of rotatable bonds is 2. The molecule has 1 atom stereocenters. The van der Waals surface area contributed by atoms with E-state index in [1.54, 1.807) is 0 Å². The number of ether oxygens (including phenoxy) is 1. The summed E-state index contributed by atoms with van der Waals surface area (Å²) in [7, 11) is 0. The third-order valence-electron chi connectivity index (χ3n) is 4.05. The quantitative estimate of drug-likeness (QED) is 0.742. The van der Waals surface area contributed by atoms with Crippen LogP contribution in [0.5, 0.6) is 0 Å². The fourth-order valence-electron chi connectivity index (χ4n) is 3.04. The summed E-state index contributed by atoms with van der Waals surface area (Å²) in [5.74, 6) is 0. The molecule has 4 rings (SSSR count). The summed E-state index contributed by atoms with van der Waals surface area (Å²) in [5, 5.41) is 6.05. The van der Waals surface area contributed by atoms with Crippen molar-refractivity contribution in [3.05, 3.63) is 77.9 Å². The van der Waals surface area contributed by atoms with Gasteiger partial charge in [-0.25, -0.2) is 0 Å². The molecule has 0 bridgehead atoms. The highest BCUT2D eigenvalue weighted by molar-refractivity contribution is 5.87. The van der Waals surface area contributed by atoms with Crippen molar-refractivity contribution in [2.75, 3.05) is 11.9 Å². The molecule has 1 N–H and O–H groups in total. The Balaban J connectivity index is 1.81. The van der Waals surface area contributed by atoms with Crippen molar-refractivity contribution in [1.82, 2.24) is 0 Å². The van der Waals surface area contributed by atoms with Crippen LogP contribution in [-0.4, -0.2) is 6.61 Å². The van der Waals surface area contributed by atoms with Gasteiger partial charge in [-0.3, -0.25) is 0 Å². The third kappa shape index (κ3) is 2.28. The molecule has 0 radical (unpaired) electrons. The first kappa shape index (κ1) is 12.4. The topological polar surface area (TPSA) is 21.3 Å². The summed E-state index contributed by atoms with van der Waals surface area (Å²) in [4.78, 5) is 0. The molecule has 0 fully saturated rings. The van der Waals surface area contributed by atoms with E-state index in [4.69, 9.17) is 4.74 Å². The Bertz CT molecular complexity index is 767. The largest absolute Gasteiger partial charge is 0.356 e. The molecule has 1 aliphatic heterocycles. The number of fused-ring (bicyclic) bond motifs is 3. The normalized spacial score (nSPS) is 17.4. The van der Waals surface area contributed by atoms with Gasteiger partial charge in [-0.15, -0.1) is 0 Å². The first-order valence-electron chi connectivity index (χ1n) is 7.35. The number of hydrogen-bond acceptors (Lipinski definition) is 2. The average Bonchev–Trinajstić information content (AvgIpc) is 2.56. The van der Waals surface area contributed by atoms with Crippen molar-refractivity contribution >= 4 is 16.5 Å². The van der Waals surface area contributed by atoms with Crippen molar-refractivity contribution in [3.63, 3.8) is 0 Å². The zero-order valence-electron chi connectivity index (χ0n) is 11.8. The third-order valence-corrected chi connectivity index (χ3v) is 4.05. The van der Waals surface area contributed by atoms with Gasteiger partial charge in [0.05, 0.1) is 6.61 Å². The summed E-state index contributed by atoms with van der Waals surface area (Å²) in [6.07, 6.45) is 0.898. The van der Waals surface area contributed by atoms with Crippen LogP contribution in [-0.2, 0) is 11.2 Å². The maximum atomic E-state index is 6.01. The number of nitrogens with one attached hydrogen (secondary N) is 1. The van der Waals surface area contributed by atoms with Gasteiger partial charge in [-0.2, -0.15) is 0 Å². The highest BCUT2D eigenvalue weighted by Crippen LogP contribution is 2.34. The molecule has 0 spiro atoms. The van der Waals surface area contributed by atoms with Crippen LogP contribution < -0.4 is 5.32 Å². The van der Waals surface area contributed by atoms with Crippen molar-refractivity contribution in [3.8, 4) is 0 Å². The molecular formula is C19H17NO. The highest BCUT2D eigenvalue weighted by atomic mass is 16.5. The molecule has 3 aromatic carbocycles. The summed E-state index contributed by atoms with van der Waals surface area (Å²) < 4.78 is 6.01. The van der Waals surface area contributed by atoms with Gasteiger partial charge in [-0.05, 0) is 34.9 Å². The lowest BCUT2D eigenvalue weighted by molar-refractivity contribution is 0.0629. The zero-order valence-corrected chi connectivity index (χ0v) is 11.8. The van der Waals surface area contributed by atoms with Gasteiger partial charge < -0.3 is 10.1 Å². The van der Waals surface area contributed by atoms with Crippen LogP contribution >= 0.6 is 0 Å². The van der Waals surface area contributed by atoms with Gasteiger partial charge in [0.1, 0.15) is 0 Å². The smallest absolute Gasteiger partial charge is 0.154 e. The molecule has 2 heteroatoms. The average molecular weight is 275 g/mol. The molecule has 0 saturated carbocycles. The molecule has 104 valence electrons. The van der Waals surface area contributed by atoms with Crippen LogP contribution in [0.25, 0.3) is 10.8 Å². The SMILES string of the molecule is c1ccc(NC2OCCc3ccc4ccccc4c32)cc1. The van der Waals surface area contributed by atoms with Crippen LogP contribution in [0, 0.1) is 0 Å². The number of benzene rings is 3. The number of hydrogen-bond donors (Lipinski definition) is 1. The van der Waals surface area contributed by atoms with Gasteiger partial charge in [0, 0.05) is 11.3 Å². The van der Waals surface area contributed by atoms with E-state index in [2.05, 4.69) is 53.8 Å². The Morgan fingerprint density at radius 2 is 1.67 bits per heavy atom. The lowest BCUT2D eigenvalue weighted by Gasteiger charge is -2.29. The second kappa shape index (κ2) is 5.23. The maximum Gasteiger partial charge on any atom is 0.154 e. The molecule has 1 unspecified atom stereocenters. The van der Waals surface area contributed by atoms with E-state index in [1.165, 1.54) is 21.9 Å². The van der Waals surface area contributed by atoms with Gasteiger partial charge >= 0.3 is 0 Å². The second-order valence-corrected chi connectivity index (χ2v) is 5.37. The summed E-state index contributed by atoms with van der Waals surface area (Å²) >= 11 is 0. The predicted molar refractivity (Wildman–Crippen MR) is 86.4 cm³/mol. The van der Waals surface area contributed by atoms with E-state index in [1.807, 2.05) is 18.2 Å². The van der Waals surface area contributed by atoms with Crippen molar-refractivity contribution in [1.29, 1.82) is 0 Å². The molecular weight excluding hydrogens is 258 g/mol. The fraction of sp³-hybridized carbons (Fsp3) is 0.158. The number of anilines is 1. The van der Waals surface area contributed by atoms with E-state index in [0.717, 1.165) is 18.7 Å². The van der Waals surface area contributed by atoms with E-state index in [-0.39, 0.29) is 6.23 Å². The number of para-hydroxylation sites is 1. The van der Waals surface area contributed by atoms with Crippen LogP contribution in [0.15, 0.2) is 66.7 Å². The Kier molecular flexibility index (Phi) is 3.09. The minimum Gasteiger partial charge on any atom is -0.356 e. The van der Waals surface area contributed by atoms with Gasteiger partial charge in [0.15, 0.2) is 6.23 Å². The molecule has 21 heavy (non-hydrogen) atoms. The van der Waals surface area contributed by atoms with E-state index in [9.17, 15) is 0 Å². The molecule has 0 amide bonds. The maximum absolute atomic E-state index is 6.01. The lowest BCUT2D eigenvalue weighted by atomic mass is 9.94. The van der Waals surface area contributed by atoms with Crippen molar-refractivity contribution in [2.24, 2.45) is 0 Å². The molecule has 1 aliphatic rings. The van der Waals surface area contributed by atoms with E-state index < -0.39 is 0 Å². The standard InChI is InChI=1S/C19H17NO/c1-2-7-16(8-3-1)20-19-18-15(12-13-21-19)11-10-14-6-4-5-9-17(14)18/h1-11,19-20H,12-13H2. The van der Waals surface area contributed by atoms with Crippen molar-refractivity contribution < 1.29 is 4.74 Å². The van der Waals surface area contributed by atoms with Crippen LogP contribution in [0.2, 0.25) is 0 Å². The predicted octanol–water partition coefficient (Wildman–Crippen LogP) is 4.52. The zero-order chi connectivity index (χ0) is 14.1. The van der Waals surface area contributed by atoms with E-state index >= 15 is 0 Å². The summed E-state index contributed by atoms with van der Waals surface area (Å²) in [5.41, 5.74) is 3.75. The minimum atomic E-state index is -0.0813. The van der Waals surface area contributed by atoms with Gasteiger partial charge in [0.2, 0.25) is 0 Å². The highest BCUT2D eigenvalue weighted by Gasteiger charge is 2.22. The molecule has 1 heterocycles. The van der Waals surface area contributed by atoms with Crippen LogP contribution in [0.4, 0.5) is 5.69 Å². The Morgan fingerprint density at radius 1 is 0.857 bits per heavy atom. The Labute approximate surface area is 124 Å². The minimum absolute atomic E-state index is 0.0813. The van der Waals surface area contributed by atoms with Crippen molar-refractivity contribution in [2.45, 2.75) is 12.6 Å². The first-order valence-corrected chi connectivity index (χ1v) is 7.35. The molecule has 0 aromatic heterocycles. The van der Waals surface area contributed by atoms with Gasteiger partial charge in [-0.1, -0.05) is 54.6 Å². The fourth-order valence-corrected chi connectivity index (χ4v) is 3.04. The summed E-state index contributed by atoms with van der Waals surface area (Å²) in [6.45, 7) is 0.760. The Hall–Kier alpha value is -2.32. The molecule has 0 aliphatic carbocycles. The Morgan fingerprint density at radius 3 is 2.57 bits per heavy atom. The van der Waals surface area contributed by atoms with E-state index in [0.29, 0.717) is 0 Å². The van der Waals surface area contributed by atoms with Gasteiger partial charge in [0.25, 0.3) is 0 Å².